The van der Waals surface area contributed by atoms with Crippen molar-refractivity contribution in [1.29, 1.82) is 0 Å². The molecule has 0 aromatic heterocycles. The Balaban J connectivity index is 2.13. The minimum atomic E-state index is -3.58. The molecule has 1 aliphatic heterocycles. The number of ether oxygens (including phenoxy) is 1. The van der Waals surface area contributed by atoms with Crippen molar-refractivity contribution in [1.82, 2.24) is 4.72 Å². The highest BCUT2D eigenvalue weighted by Gasteiger charge is 2.28. The quantitative estimate of drug-likeness (QED) is 0.835. The highest BCUT2D eigenvalue weighted by atomic mass is 32.2. The number of sulfonamides is 1. The van der Waals surface area contributed by atoms with Crippen LogP contribution < -0.4 is 4.72 Å². The van der Waals surface area contributed by atoms with Crippen LogP contribution in [0.2, 0.25) is 0 Å². The smallest absolute Gasteiger partial charge is 0.240 e. The predicted molar refractivity (Wildman–Crippen MR) is 66.7 cm³/mol. The second-order valence-electron chi connectivity index (χ2n) is 4.47. The third kappa shape index (κ3) is 3.08. The Morgan fingerprint density at radius 2 is 2.00 bits per heavy atom. The van der Waals surface area contributed by atoms with Gasteiger partial charge in [-0.15, -0.1) is 0 Å². The van der Waals surface area contributed by atoms with Gasteiger partial charge in [0.2, 0.25) is 10.0 Å². The zero-order valence-electron chi connectivity index (χ0n) is 10.2. The molecule has 1 aromatic carbocycles. The van der Waals surface area contributed by atoms with Gasteiger partial charge < -0.3 is 9.84 Å². The Hall–Kier alpha value is -0.950. The molecule has 0 aliphatic carbocycles. The molecule has 0 amide bonds. The van der Waals surface area contributed by atoms with E-state index in [1.54, 1.807) is 24.3 Å². The van der Waals surface area contributed by atoms with Gasteiger partial charge in [0.1, 0.15) is 0 Å². The first-order valence-electron chi connectivity index (χ1n) is 5.84. The van der Waals surface area contributed by atoms with Crippen molar-refractivity contribution in [2.75, 3.05) is 13.2 Å². The van der Waals surface area contributed by atoms with Crippen molar-refractivity contribution in [3.63, 3.8) is 0 Å². The zero-order chi connectivity index (χ0) is 13.2. The minimum absolute atomic E-state index is 0.168. The number of aryl methyl sites for hydroxylation is 1. The summed E-state index contributed by atoms with van der Waals surface area (Å²) in [5.41, 5.74) is 1.00. The molecule has 0 unspecified atom stereocenters. The van der Waals surface area contributed by atoms with Crippen LogP contribution >= 0.6 is 0 Å². The average molecular weight is 271 g/mol. The van der Waals surface area contributed by atoms with Crippen LogP contribution in [0.3, 0.4) is 0 Å². The maximum Gasteiger partial charge on any atom is 0.240 e. The summed E-state index contributed by atoms with van der Waals surface area (Å²) < 4.78 is 31.8. The molecule has 2 N–H and O–H groups in total. The summed E-state index contributed by atoms with van der Waals surface area (Å²) in [7, 11) is -3.58. The second kappa shape index (κ2) is 5.36. The largest absolute Gasteiger partial charge is 0.389 e. The van der Waals surface area contributed by atoms with Crippen LogP contribution in [0.25, 0.3) is 0 Å². The fourth-order valence-corrected chi connectivity index (χ4v) is 3.15. The summed E-state index contributed by atoms with van der Waals surface area (Å²) in [5.74, 6) is 0. The Morgan fingerprint density at radius 1 is 1.33 bits per heavy atom. The van der Waals surface area contributed by atoms with Gasteiger partial charge in [-0.05, 0) is 25.5 Å². The van der Waals surface area contributed by atoms with Crippen LogP contribution in [-0.2, 0) is 14.8 Å². The number of hydrogen-bond donors (Lipinski definition) is 2. The molecule has 2 rings (SSSR count). The maximum absolute atomic E-state index is 12.1. The topological polar surface area (TPSA) is 75.6 Å². The van der Waals surface area contributed by atoms with Gasteiger partial charge in [-0.25, -0.2) is 13.1 Å². The third-order valence-corrected chi connectivity index (χ3v) is 4.47. The highest BCUT2D eigenvalue weighted by molar-refractivity contribution is 7.89. The van der Waals surface area contributed by atoms with Crippen molar-refractivity contribution in [3.8, 4) is 0 Å². The molecule has 0 saturated carbocycles. The lowest BCUT2D eigenvalue weighted by Crippen LogP contribution is -2.48. The number of rotatable bonds is 3. The van der Waals surface area contributed by atoms with E-state index < -0.39 is 22.2 Å². The van der Waals surface area contributed by atoms with Gasteiger partial charge in [0.25, 0.3) is 0 Å². The van der Waals surface area contributed by atoms with Crippen LogP contribution in [0.5, 0.6) is 0 Å². The normalized spacial score (nSPS) is 25.0. The Labute approximate surface area is 107 Å². The first kappa shape index (κ1) is 13.5. The lowest BCUT2D eigenvalue weighted by atomic mass is 10.1. The van der Waals surface area contributed by atoms with E-state index in [0.29, 0.717) is 13.0 Å². The molecule has 18 heavy (non-hydrogen) atoms. The standard InChI is InChI=1S/C12H17NO4S/c1-9-2-4-10(5-3-9)18(15,16)13-11-6-7-17-8-12(11)14/h2-5,11-14H,6-8H2,1H3/t11-,12+/m1/s1. The minimum Gasteiger partial charge on any atom is -0.389 e. The molecule has 2 atom stereocenters. The van der Waals surface area contributed by atoms with Crippen molar-refractivity contribution < 1.29 is 18.3 Å². The lowest BCUT2D eigenvalue weighted by Gasteiger charge is -2.28. The van der Waals surface area contributed by atoms with Crippen LogP contribution in [0.1, 0.15) is 12.0 Å². The van der Waals surface area contributed by atoms with Gasteiger partial charge in [-0.2, -0.15) is 0 Å². The van der Waals surface area contributed by atoms with E-state index in [0.717, 1.165) is 5.56 Å². The fraction of sp³-hybridized carbons (Fsp3) is 0.500. The molecule has 0 spiro atoms. The molecule has 5 nitrogen and oxygen atoms in total. The Kier molecular flexibility index (Phi) is 4.01. The summed E-state index contributed by atoms with van der Waals surface area (Å²) in [6, 6.07) is 6.13. The van der Waals surface area contributed by atoms with Crippen LogP contribution in [0, 0.1) is 6.92 Å². The molecule has 1 aliphatic rings. The van der Waals surface area contributed by atoms with Crippen molar-refractivity contribution in [2.24, 2.45) is 0 Å². The molecule has 0 bridgehead atoms. The summed E-state index contributed by atoms with van der Waals surface area (Å²) in [6.45, 7) is 2.52. The molecule has 6 heteroatoms. The fourth-order valence-electron chi connectivity index (χ4n) is 1.85. The second-order valence-corrected chi connectivity index (χ2v) is 6.19. The maximum atomic E-state index is 12.1. The van der Waals surface area contributed by atoms with Crippen molar-refractivity contribution in [2.45, 2.75) is 30.4 Å². The summed E-state index contributed by atoms with van der Waals surface area (Å²) in [4.78, 5) is 0.215. The van der Waals surface area contributed by atoms with E-state index in [1.807, 2.05) is 6.92 Å². The third-order valence-electron chi connectivity index (χ3n) is 2.96. The summed E-state index contributed by atoms with van der Waals surface area (Å²) >= 11 is 0. The van der Waals surface area contributed by atoms with Gasteiger partial charge in [-0.3, -0.25) is 0 Å². The van der Waals surface area contributed by atoms with E-state index in [-0.39, 0.29) is 11.5 Å². The van der Waals surface area contributed by atoms with E-state index in [2.05, 4.69) is 4.72 Å². The monoisotopic (exact) mass is 271 g/mol. The number of aliphatic hydroxyl groups excluding tert-OH is 1. The van der Waals surface area contributed by atoms with Gasteiger partial charge in [0.05, 0.1) is 23.6 Å². The molecule has 1 fully saturated rings. The van der Waals surface area contributed by atoms with Gasteiger partial charge in [0.15, 0.2) is 0 Å². The number of hydrogen-bond acceptors (Lipinski definition) is 4. The van der Waals surface area contributed by atoms with Crippen molar-refractivity contribution in [3.05, 3.63) is 29.8 Å². The molecule has 100 valence electrons. The molecule has 1 saturated heterocycles. The Bertz CT molecular complexity index is 497. The molecular weight excluding hydrogens is 254 g/mol. The van der Waals surface area contributed by atoms with Crippen molar-refractivity contribution >= 4 is 10.0 Å². The van der Waals surface area contributed by atoms with Crippen LogP contribution in [0.15, 0.2) is 29.2 Å². The van der Waals surface area contributed by atoms with E-state index >= 15 is 0 Å². The molecule has 1 heterocycles. The number of benzene rings is 1. The van der Waals surface area contributed by atoms with Crippen LogP contribution in [0.4, 0.5) is 0 Å². The first-order valence-corrected chi connectivity index (χ1v) is 7.32. The summed E-state index contributed by atoms with van der Waals surface area (Å²) in [6.07, 6.45) is -0.314. The van der Waals surface area contributed by atoms with E-state index in [1.165, 1.54) is 0 Å². The van der Waals surface area contributed by atoms with Gasteiger partial charge in [-0.1, -0.05) is 17.7 Å². The Morgan fingerprint density at radius 3 is 2.61 bits per heavy atom. The molecule has 0 radical (unpaired) electrons. The average Bonchev–Trinajstić information content (AvgIpc) is 2.32. The number of nitrogens with one attached hydrogen (secondary N) is 1. The summed E-state index contributed by atoms with van der Waals surface area (Å²) in [5, 5.41) is 9.67. The molecular formula is C12H17NO4S. The SMILES string of the molecule is Cc1ccc(S(=O)(=O)N[C@@H]2CCOC[C@@H]2O)cc1. The predicted octanol–water partition coefficient (Wildman–Crippen LogP) is 0.423. The first-order chi connectivity index (χ1) is 8.49. The van der Waals surface area contributed by atoms with Gasteiger partial charge >= 0.3 is 0 Å². The number of aliphatic hydroxyl groups is 1. The van der Waals surface area contributed by atoms with E-state index in [9.17, 15) is 13.5 Å². The van der Waals surface area contributed by atoms with Crippen LogP contribution in [-0.4, -0.2) is 38.9 Å². The lowest BCUT2D eigenvalue weighted by molar-refractivity contribution is -0.0222. The highest BCUT2D eigenvalue weighted by Crippen LogP contribution is 2.14. The van der Waals surface area contributed by atoms with Gasteiger partial charge in [0, 0.05) is 6.61 Å². The molecule has 1 aromatic rings. The zero-order valence-corrected chi connectivity index (χ0v) is 11.0. The van der Waals surface area contributed by atoms with E-state index in [4.69, 9.17) is 4.74 Å².